The molecule has 0 spiro atoms. The van der Waals surface area contributed by atoms with Crippen molar-refractivity contribution in [3.8, 4) is 11.8 Å². The first-order valence-corrected chi connectivity index (χ1v) is 13.2. The Morgan fingerprint density at radius 3 is 2.72 bits per heavy atom. The second kappa shape index (κ2) is 9.97. The summed E-state index contributed by atoms with van der Waals surface area (Å²) in [5, 5.41) is 9.20. The van der Waals surface area contributed by atoms with Gasteiger partial charge in [-0.3, -0.25) is 4.79 Å². The number of benzene rings is 2. The quantitative estimate of drug-likeness (QED) is 0.406. The number of fused-ring (bicyclic) bond motifs is 4. The summed E-state index contributed by atoms with van der Waals surface area (Å²) < 4.78 is 27.6. The van der Waals surface area contributed by atoms with Crippen LogP contribution < -0.4 is 20.7 Å². The van der Waals surface area contributed by atoms with Crippen LogP contribution in [0.3, 0.4) is 0 Å². The van der Waals surface area contributed by atoms with Crippen LogP contribution in [0, 0.1) is 11.8 Å². The Morgan fingerprint density at radius 1 is 1.08 bits per heavy atom. The fourth-order valence-electron chi connectivity index (χ4n) is 4.09. The van der Waals surface area contributed by atoms with Gasteiger partial charge in [-0.25, -0.2) is 18.1 Å². The van der Waals surface area contributed by atoms with E-state index in [1.807, 2.05) is 30.3 Å². The second-order valence-corrected chi connectivity index (χ2v) is 10.5. The number of amides is 1. The molecule has 3 aromatic rings. The SMILES string of the molecule is O=C(NCC#Cc1cnc2nc1NCCCNS(=O)(=O)c1cccc(c1)N2)C1(c2ccccc2)CC1. The molecule has 4 N–H and O–H groups in total. The molecule has 36 heavy (non-hydrogen) atoms. The van der Waals surface area contributed by atoms with E-state index in [1.165, 1.54) is 6.07 Å². The van der Waals surface area contributed by atoms with Crippen LogP contribution in [0.4, 0.5) is 17.5 Å². The molecule has 10 heteroatoms. The summed E-state index contributed by atoms with van der Waals surface area (Å²) in [6.45, 7) is 0.976. The highest BCUT2D eigenvalue weighted by Crippen LogP contribution is 2.48. The number of nitrogens with one attached hydrogen (secondary N) is 4. The molecular weight excluding hydrogens is 476 g/mol. The molecule has 1 saturated carbocycles. The zero-order chi connectivity index (χ0) is 25.0. The molecule has 4 bridgehead atoms. The fourth-order valence-corrected chi connectivity index (χ4v) is 5.21. The van der Waals surface area contributed by atoms with Gasteiger partial charge in [-0.1, -0.05) is 48.2 Å². The smallest absolute Gasteiger partial charge is 0.240 e. The van der Waals surface area contributed by atoms with Gasteiger partial charge in [0, 0.05) is 18.8 Å². The van der Waals surface area contributed by atoms with Gasteiger partial charge >= 0.3 is 0 Å². The lowest BCUT2D eigenvalue weighted by Gasteiger charge is -2.14. The van der Waals surface area contributed by atoms with Crippen molar-refractivity contribution in [1.29, 1.82) is 0 Å². The van der Waals surface area contributed by atoms with Crippen LogP contribution in [0.5, 0.6) is 0 Å². The molecule has 1 fully saturated rings. The Labute approximate surface area is 210 Å². The van der Waals surface area contributed by atoms with E-state index in [4.69, 9.17) is 0 Å². The normalized spacial score (nSPS) is 17.3. The van der Waals surface area contributed by atoms with Crippen LogP contribution >= 0.6 is 0 Å². The first-order valence-electron chi connectivity index (χ1n) is 11.8. The topological polar surface area (TPSA) is 125 Å². The van der Waals surface area contributed by atoms with E-state index in [-0.39, 0.29) is 23.9 Å². The van der Waals surface area contributed by atoms with Gasteiger partial charge < -0.3 is 16.0 Å². The highest BCUT2D eigenvalue weighted by Gasteiger charge is 2.50. The zero-order valence-electron chi connectivity index (χ0n) is 19.5. The number of aromatic nitrogens is 2. The molecule has 2 aromatic carbocycles. The van der Waals surface area contributed by atoms with Crippen LogP contribution in [-0.2, 0) is 20.2 Å². The minimum atomic E-state index is -3.60. The van der Waals surface area contributed by atoms with Crippen LogP contribution in [0.25, 0.3) is 0 Å². The molecule has 1 aromatic heterocycles. The van der Waals surface area contributed by atoms with Gasteiger partial charge in [0.1, 0.15) is 5.82 Å². The highest BCUT2D eigenvalue weighted by atomic mass is 32.2. The van der Waals surface area contributed by atoms with E-state index in [0.29, 0.717) is 36.0 Å². The largest absolute Gasteiger partial charge is 0.369 e. The van der Waals surface area contributed by atoms with Crippen molar-refractivity contribution < 1.29 is 13.2 Å². The van der Waals surface area contributed by atoms with E-state index >= 15 is 0 Å². The highest BCUT2D eigenvalue weighted by molar-refractivity contribution is 7.89. The van der Waals surface area contributed by atoms with Crippen LogP contribution in [0.15, 0.2) is 65.7 Å². The number of hydrogen-bond acceptors (Lipinski definition) is 7. The third-order valence-corrected chi connectivity index (χ3v) is 7.66. The zero-order valence-corrected chi connectivity index (χ0v) is 20.4. The van der Waals surface area contributed by atoms with Crippen molar-refractivity contribution in [1.82, 2.24) is 20.0 Å². The standard InChI is InChI=1S/C26H26N6O3S/c33-24(26(12-13-26)20-8-2-1-3-9-20)28-14-5-7-19-18-29-25-31-21-10-4-11-22(17-21)36(34,35)30-16-6-15-27-23(19)32-25/h1-4,8-11,17-18,30H,6,12-16H2,(H,28,33)(H2,27,29,31,32). The predicted octanol–water partition coefficient (Wildman–Crippen LogP) is 2.51. The number of carbonyl (C=O) groups is 1. The van der Waals surface area contributed by atoms with Gasteiger partial charge in [0.15, 0.2) is 0 Å². The number of carbonyl (C=O) groups excluding carboxylic acids is 1. The third kappa shape index (κ3) is 5.17. The number of rotatable bonds is 3. The maximum atomic E-state index is 12.8. The fraction of sp³-hybridized carbons (Fsp3) is 0.269. The van der Waals surface area contributed by atoms with Crippen molar-refractivity contribution in [2.24, 2.45) is 0 Å². The van der Waals surface area contributed by atoms with Gasteiger partial charge in [-0.2, -0.15) is 4.98 Å². The van der Waals surface area contributed by atoms with E-state index in [0.717, 1.165) is 18.4 Å². The summed E-state index contributed by atoms with van der Waals surface area (Å²) in [6, 6.07) is 16.3. The van der Waals surface area contributed by atoms with Gasteiger partial charge in [0.2, 0.25) is 21.9 Å². The molecule has 2 aliphatic rings. The monoisotopic (exact) mass is 502 g/mol. The average molecular weight is 503 g/mol. The molecular formula is C26H26N6O3S. The Balaban J connectivity index is 1.30. The molecule has 0 atom stereocenters. The molecule has 1 aliphatic heterocycles. The number of nitrogens with zero attached hydrogens (tertiary/aromatic N) is 2. The first-order chi connectivity index (χ1) is 17.5. The Morgan fingerprint density at radius 2 is 1.92 bits per heavy atom. The molecule has 2 heterocycles. The Bertz CT molecular complexity index is 1440. The summed E-state index contributed by atoms with van der Waals surface area (Å²) in [6.07, 6.45) is 3.84. The summed E-state index contributed by atoms with van der Waals surface area (Å²) in [5.74, 6) is 6.89. The van der Waals surface area contributed by atoms with Crippen molar-refractivity contribution in [2.45, 2.75) is 29.6 Å². The lowest BCUT2D eigenvalue weighted by Crippen LogP contribution is -2.34. The Kier molecular flexibility index (Phi) is 6.59. The molecule has 9 nitrogen and oxygen atoms in total. The molecule has 1 aliphatic carbocycles. The lowest BCUT2D eigenvalue weighted by atomic mass is 9.95. The van der Waals surface area contributed by atoms with Crippen LogP contribution in [0.1, 0.15) is 30.4 Å². The maximum absolute atomic E-state index is 12.8. The molecule has 5 rings (SSSR count). The van der Waals surface area contributed by atoms with Crippen molar-refractivity contribution in [3.63, 3.8) is 0 Å². The average Bonchev–Trinajstić information content (AvgIpc) is 3.70. The number of hydrogen-bond donors (Lipinski definition) is 4. The van der Waals surface area contributed by atoms with E-state index < -0.39 is 15.4 Å². The van der Waals surface area contributed by atoms with Crippen LogP contribution in [-0.4, -0.2) is 43.9 Å². The van der Waals surface area contributed by atoms with Gasteiger partial charge in [-0.05, 0) is 43.0 Å². The molecule has 1 amide bonds. The van der Waals surface area contributed by atoms with E-state index in [1.54, 1.807) is 24.4 Å². The number of sulfonamides is 1. The molecule has 184 valence electrons. The minimum absolute atomic E-state index is 0.00708. The summed E-state index contributed by atoms with van der Waals surface area (Å²) in [4.78, 5) is 21.8. The maximum Gasteiger partial charge on any atom is 0.240 e. The van der Waals surface area contributed by atoms with E-state index in [2.05, 4.69) is 42.5 Å². The predicted molar refractivity (Wildman–Crippen MR) is 137 cm³/mol. The number of anilines is 3. The van der Waals surface area contributed by atoms with Gasteiger partial charge in [0.05, 0.1) is 28.6 Å². The molecule has 0 radical (unpaired) electrons. The molecule has 0 saturated heterocycles. The summed E-state index contributed by atoms with van der Waals surface area (Å²) in [7, 11) is -3.60. The Hall–Kier alpha value is -3.94. The lowest BCUT2D eigenvalue weighted by molar-refractivity contribution is -0.123. The van der Waals surface area contributed by atoms with Crippen molar-refractivity contribution in [2.75, 3.05) is 30.3 Å². The third-order valence-electron chi connectivity index (χ3n) is 6.20. The van der Waals surface area contributed by atoms with E-state index in [9.17, 15) is 13.2 Å². The summed E-state index contributed by atoms with van der Waals surface area (Å²) >= 11 is 0. The van der Waals surface area contributed by atoms with Gasteiger partial charge in [0.25, 0.3) is 0 Å². The van der Waals surface area contributed by atoms with Crippen molar-refractivity contribution in [3.05, 3.63) is 71.9 Å². The van der Waals surface area contributed by atoms with Crippen molar-refractivity contribution >= 4 is 33.4 Å². The summed E-state index contributed by atoms with van der Waals surface area (Å²) in [5.41, 5.74) is 1.74. The first kappa shape index (κ1) is 23.8. The van der Waals surface area contributed by atoms with Crippen LogP contribution in [0.2, 0.25) is 0 Å². The minimum Gasteiger partial charge on any atom is -0.369 e. The molecule has 0 unspecified atom stereocenters. The second-order valence-electron chi connectivity index (χ2n) is 8.72. The van der Waals surface area contributed by atoms with Gasteiger partial charge in [-0.15, -0.1) is 0 Å².